The van der Waals surface area contributed by atoms with Crippen LogP contribution in [-0.2, 0) is 5.41 Å². The highest BCUT2D eigenvalue weighted by Crippen LogP contribution is 2.29. The number of aromatic nitrogens is 5. The fourth-order valence-corrected chi connectivity index (χ4v) is 3.95. The van der Waals surface area contributed by atoms with Gasteiger partial charge in [0.05, 0.1) is 23.4 Å². The summed E-state index contributed by atoms with van der Waals surface area (Å²) in [6, 6.07) is 13.6. The van der Waals surface area contributed by atoms with Gasteiger partial charge in [-0.2, -0.15) is 5.26 Å². The monoisotopic (exact) mass is 523 g/mol. The Kier molecular flexibility index (Phi) is 8.02. The number of carbonyl (C=O) groups is 1. The Hall–Kier alpha value is -4.62. The second-order valence-corrected chi connectivity index (χ2v) is 10.4. The summed E-state index contributed by atoms with van der Waals surface area (Å²) in [6.45, 7) is 7.32. The summed E-state index contributed by atoms with van der Waals surface area (Å²) in [4.78, 5) is 25.8. The summed E-state index contributed by atoms with van der Waals surface area (Å²) in [5, 5.41) is 21.3. The topological polar surface area (TPSA) is 116 Å². The smallest absolute Gasteiger partial charge is 0.255 e. The molecule has 0 radical (unpaired) electrons. The number of nitrogens with one attached hydrogen (secondary N) is 1. The number of benzene rings is 2. The second kappa shape index (κ2) is 11.4. The number of hydrogen-bond donors (Lipinski definition) is 1. The molecule has 2 heterocycles. The maximum atomic E-state index is 13.5. The van der Waals surface area contributed by atoms with E-state index in [1.54, 1.807) is 29.3 Å². The molecule has 0 unspecified atom stereocenters. The van der Waals surface area contributed by atoms with Crippen molar-refractivity contribution < 1.29 is 4.79 Å². The third-order valence-electron chi connectivity index (χ3n) is 6.57. The first-order valence-electron chi connectivity index (χ1n) is 12.6. The molecule has 0 spiro atoms. The Balaban J connectivity index is 1.62. The highest BCUT2D eigenvalue weighted by Gasteiger charge is 2.23. The molecule has 4 aromatic rings. The largest absolute Gasteiger partial charge is 0.373 e. The van der Waals surface area contributed by atoms with E-state index in [-0.39, 0.29) is 5.91 Å². The van der Waals surface area contributed by atoms with Crippen LogP contribution < -0.4 is 10.2 Å². The zero-order chi connectivity index (χ0) is 28.2. The van der Waals surface area contributed by atoms with Crippen molar-refractivity contribution in [1.82, 2.24) is 29.9 Å². The third kappa shape index (κ3) is 6.45. The number of likely N-dealkylation sites (N-methyl/N-ethyl adjacent to an activating group) is 2. The lowest BCUT2D eigenvalue weighted by molar-refractivity contribution is 0.102. The van der Waals surface area contributed by atoms with Crippen LogP contribution in [0.1, 0.15) is 35.3 Å². The van der Waals surface area contributed by atoms with E-state index in [1.165, 1.54) is 6.33 Å². The van der Waals surface area contributed by atoms with E-state index in [4.69, 9.17) is 0 Å². The normalized spacial score (nSPS) is 11.3. The molecule has 1 amide bonds. The standard InChI is InChI=1S/C29H33N9O/c1-20-7-8-24(14-27(20)38-17-26(34-35-38)22-15-31-19-32-16-22)33-28(39)21-11-23(29(2,3)18-30)13-25(12-21)37(6)10-9-36(4)5/h7-8,11-17,19H,9-10H2,1-6H3,(H,33,39). The van der Waals surface area contributed by atoms with Crippen LogP contribution in [0, 0.1) is 18.3 Å². The molecular formula is C29H33N9O. The van der Waals surface area contributed by atoms with Gasteiger partial charge in [-0.05, 0) is 76.3 Å². The first-order valence-corrected chi connectivity index (χ1v) is 12.6. The van der Waals surface area contributed by atoms with Crippen molar-refractivity contribution in [1.29, 1.82) is 5.26 Å². The Morgan fingerprint density at radius 3 is 2.51 bits per heavy atom. The minimum Gasteiger partial charge on any atom is -0.373 e. The van der Waals surface area contributed by atoms with Crippen molar-refractivity contribution in [2.45, 2.75) is 26.2 Å². The number of hydrogen-bond acceptors (Lipinski definition) is 8. The Bertz CT molecular complexity index is 1500. The minimum atomic E-state index is -0.751. The van der Waals surface area contributed by atoms with Crippen LogP contribution in [0.15, 0.2) is 61.3 Å². The molecule has 0 saturated heterocycles. The summed E-state index contributed by atoms with van der Waals surface area (Å²) in [5.41, 5.74) is 5.18. The van der Waals surface area contributed by atoms with E-state index < -0.39 is 5.41 Å². The van der Waals surface area contributed by atoms with Crippen LogP contribution in [0.5, 0.6) is 0 Å². The summed E-state index contributed by atoms with van der Waals surface area (Å²) < 4.78 is 1.67. The van der Waals surface area contributed by atoms with Gasteiger partial charge >= 0.3 is 0 Å². The maximum absolute atomic E-state index is 13.5. The van der Waals surface area contributed by atoms with Crippen molar-refractivity contribution in [3.05, 3.63) is 78.0 Å². The zero-order valence-corrected chi connectivity index (χ0v) is 23.2. The number of rotatable bonds is 9. The highest BCUT2D eigenvalue weighted by atomic mass is 16.1. The molecule has 0 aliphatic rings. The van der Waals surface area contributed by atoms with Gasteiger partial charge in [0, 0.05) is 55.0 Å². The summed E-state index contributed by atoms with van der Waals surface area (Å²) in [6.07, 6.45) is 6.62. The van der Waals surface area contributed by atoms with E-state index in [0.717, 1.165) is 41.2 Å². The molecule has 0 saturated carbocycles. The Morgan fingerprint density at radius 2 is 1.82 bits per heavy atom. The van der Waals surface area contributed by atoms with Crippen molar-refractivity contribution in [3.63, 3.8) is 0 Å². The molecule has 2 aromatic heterocycles. The van der Waals surface area contributed by atoms with Gasteiger partial charge in [0.25, 0.3) is 5.91 Å². The third-order valence-corrected chi connectivity index (χ3v) is 6.57. The SMILES string of the molecule is Cc1ccc(NC(=O)c2cc(N(C)CCN(C)C)cc(C(C)(C)C#N)c2)cc1-n1cc(-c2cncnc2)nn1. The fourth-order valence-electron chi connectivity index (χ4n) is 3.95. The lowest BCUT2D eigenvalue weighted by atomic mass is 9.85. The van der Waals surface area contributed by atoms with Crippen molar-refractivity contribution >= 4 is 17.3 Å². The minimum absolute atomic E-state index is 0.261. The predicted molar refractivity (Wildman–Crippen MR) is 152 cm³/mol. The molecule has 0 fully saturated rings. The molecule has 0 bridgehead atoms. The van der Waals surface area contributed by atoms with Gasteiger partial charge in [0.2, 0.25) is 0 Å². The molecule has 0 atom stereocenters. The van der Waals surface area contributed by atoms with E-state index in [9.17, 15) is 10.1 Å². The molecule has 10 heteroatoms. The molecule has 200 valence electrons. The van der Waals surface area contributed by atoms with Gasteiger partial charge in [0.1, 0.15) is 12.0 Å². The molecule has 39 heavy (non-hydrogen) atoms. The molecule has 1 N–H and O–H groups in total. The average Bonchev–Trinajstić information content (AvgIpc) is 3.43. The van der Waals surface area contributed by atoms with E-state index >= 15 is 0 Å². The average molecular weight is 524 g/mol. The van der Waals surface area contributed by atoms with Crippen LogP contribution in [0.3, 0.4) is 0 Å². The highest BCUT2D eigenvalue weighted by molar-refractivity contribution is 6.05. The van der Waals surface area contributed by atoms with E-state index in [2.05, 4.69) is 41.5 Å². The molecule has 0 aliphatic carbocycles. The Morgan fingerprint density at radius 1 is 1.08 bits per heavy atom. The molecule has 10 nitrogen and oxygen atoms in total. The zero-order valence-electron chi connectivity index (χ0n) is 23.2. The van der Waals surface area contributed by atoms with Crippen LogP contribution in [0.2, 0.25) is 0 Å². The summed E-state index contributed by atoms with van der Waals surface area (Å²) >= 11 is 0. The molecule has 0 aliphatic heterocycles. The second-order valence-electron chi connectivity index (χ2n) is 10.4. The quantitative estimate of drug-likeness (QED) is 0.349. The first-order chi connectivity index (χ1) is 18.6. The van der Waals surface area contributed by atoms with Crippen LogP contribution in [0.25, 0.3) is 16.9 Å². The van der Waals surface area contributed by atoms with Gasteiger partial charge in [0.15, 0.2) is 0 Å². The fraction of sp³-hybridized carbons (Fsp3) is 0.310. The van der Waals surface area contributed by atoms with Gasteiger partial charge in [-0.15, -0.1) is 5.10 Å². The van der Waals surface area contributed by atoms with Crippen molar-refractivity contribution in [2.75, 3.05) is 44.4 Å². The molecule has 2 aromatic carbocycles. The number of carbonyl (C=O) groups excluding carboxylic acids is 1. The van der Waals surface area contributed by atoms with Crippen LogP contribution >= 0.6 is 0 Å². The molecular weight excluding hydrogens is 490 g/mol. The summed E-state index contributed by atoms with van der Waals surface area (Å²) in [7, 11) is 6.03. The van der Waals surface area contributed by atoms with E-state index in [1.807, 2.05) is 72.2 Å². The van der Waals surface area contributed by atoms with Gasteiger partial charge in [-0.1, -0.05) is 11.3 Å². The van der Waals surface area contributed by atoms with Crippen LogP contribution in [-0.4, -0.2) is 70.0 Å². The Labute approximate surface area is 228 Å². The predicted octanol–water partition coefficient (Wildman–Crippen LogP) is 4.08. The molecule has 4 rings (SSSR count). The van der Waals surface area contributed by atoms with Crippen LogP contribution in [0.4, 0.5) is 11.4 Å². The lowest BCUT2D eigenvalue weighted by Gasteiger charge is -2.25. The summed E-state index contributed by atoms with van der Waals surface area (Å²) in [5.74, 6) is -0.261. The van der Waals surface area contributed by atoms with Crippen molar-refractivity contribution in [2.24, 2.45) is 0 Å². The number of aryl methyl sites for hydroxylation is 1. The number of nitrogens with zero attached hydrogens (tertiary/aromatic N) is 8. The van der Waals surface area contributed by atoms with Gasteiger partial charge < -0.3 is 15.1 Å². The lowest BCUT2D eigenvalue weighted by Crippen LogP contribution is -2.29. The maximum Gasteiger partial charge on any atom is 0.255 e. The number of amides is 1. The van der Waals surface area contributed by atoms with E-state index in [0.29, 0.717) is 16.9 Å². The van der Waals surface area contributed by atoms with Crippen molar-refractivity contribution in [3.8, 4) is 23.0 Å². The number of anilines is 2. The van der Waals surface area contributed by atoms with Gasteiger partial charge in [-0.25, -0.2) is 14.6 Å². The first kappa shape index (κ1) is 27.4. The van der Waals surface area contributed by atoms with Gasteiger partial charge in [-0.3, -0.25) is 4.79 Å². The number of nitriles is 1.